The molecule has 0 aliphatic heterocycles. The molecule has 0 amide bonds. The zero-order chi connectivity index (χ0) is 21.1. The van der Waals surface area contributed by atoms with Crippen molar-refractivity contribution >= 4 is 17.3 Å². The van der Waals surface area contributed by atoms with E-state index in [1.807, 2.05) is 26.1 Å². The number of hydrogen-bond acceptors (Lipinski definition) is 6. The van der Waals surface area contributed by atoms with Crippen LogP contribution < -0.4 is 0 Å². The Balaban J connectivity index is 2.69. The molecule has 3 unspecified atom stereocenters. The molecule has 3 atom stereocenters. The topological polar surface area (TPSA) is 72.9 Å². The predicted molar refractivity (Wildman–Crippen MR) is 109 cm³/mol. The smallest absolute Gasteiger partial charge is 0.226 e. The van der Waals surface area contributed by atoms with E-state index in [1.54, 1.807) is 13.4 Å². The van der Waals surface area contributed by atoms with Gasteiger partial charge in [0.1, 0.15) is 11.9 Å². The van der Waals surface area contributed by atoms with Gasteiger partial charge in [-0.25, -0.2) is 0 Å². The number of carbonyl (C=O) groups is 3. The van der Waals surface area contributed by atoms with E-state index in [2.05, 4.69) is 11.8 Å². The third-order valence-electron chi connectivity index (χ3n) is 5.00. The molecule has 0 bridgehead atoms. The van der Waals surface area contributed by atoms with Crippen molar-refractivity contribution in [2.45, 2.75) is 59.0 Å². The lowest BCUT2D eigenvalue weighted by Crippen LogP contribution is -2.41. The van der Waals surface area contributed by atoms with Gasteiger partial charge in [-0.2, -0.15) is 0 Å². The molecule has 1 aliphatic rings. The van der Waals surface area contributed by atoms with Crippen molar-refractivity contribution in [3.8, 4) is 0 Å². The summed E-state index contributed by atoms with van der Waals surface area (Å²) in [5, 5.41) is 0. The second-order valence-electron chi connectivity index (χ2n) is 7.68. The first kappa shape index (κ1) is 24.1. The molecule has 0 aromatic rings. The van der Waals surface area contributed by atoms with Crippen LogP contribution in [0, 0.1) is 11.8 Å². The van der Waals surface area contributed by atoms with Gasteiger partial charge in [0, 0.05) is 39.0 Å². The fourth-order valence-corrected chi connectivity index (χ4v) is 3.50. The highest BCUT2D eigenvalue weighted by molar-refractivity contribution is 6.39. The standard InChI is InChI=1S/C22H35NO5/c1-6-9-23(15-18-12-20(25)22(26)21(13-18)28-5)14-16(2)11-19(24)17(3)8-7-10-27-4/h7,10,14,17-18,21H,6,8-9,11-13,15H2,1-5H3/b10-7?,16-14-. The average Bonchev–Trinajstić information content (AvgIpc) is 2.64. The zero-order valence-electron chi connectivity index (χ0n) is 17.9. The Kier molecular flexibility index (Phi) is 10.8. The van der Waals surface area contributed by atoms with Gasteiger partial charge in [0.25, 0.3) is 0 Å². The van der Waals surface area contributed by atoms with E-state index in [0.717, 1.165) is 18.5 Å². The molecule has 0 radical (unpaired) electrons. The molecule has 0 saturated heterocycles. The normalized spacial score (nSPS) is 21.8. The number of carbonyl (C=O) groups excluding carboxylic acids is 3. The third kappa shape index (κ3) is 7.97. The van der Waals surface area contributed by atoms with Gasteiger partial charge in [0.15, 0.2) is 0 Å². The molecule has 1 saturated carbocycles. The Labute approximate surface area is 168 Å². The molecule has 0 spiro atoms. The van der Waals surface area contributed by atoms with Crippen molar-refractivity contribution in [2.75, 3.05) is 27.3 Å². The third-order valence-corrected chi connectivity index (χ3v) is 5.00. The van der Waals surface area contributed by atoms with Crippen LogP contribution in [0.15, 0.2) is 24.1 Å². The highest BCUT2D eigenvalue weighted by Crippen LogP contribution is 2.23. The van der Waals surface area contributed by atoms with Crippen LogP contribution in [0.25, 0.3) is 0 Å². The van der Waals surface area contributed by atoms with Gasteiger partial charge < -0.3 is 14.4 Å². The first-order valence-corrected chi connectivity index (χ1v) is 10.0. The van der Waals surface area contributed by atoms with Gasteiger partial charge in [-0.3, -0.25) is 14.4 Å². The molecule has 28 heavy (non-hydrogen) atoms. The molecule has 0 N–H and O–H groups in total. The van der Waals surface area contributed by atoms with Gasteiger partial charge in [-0.05, 0) is 44.4 Å². The minimum absolute atomic E-state index is 0.0567. The summed E-state index contributed by atoms with van der Waals surface area (Å²) in [6, 6.07) is 0. The summed E-state index contributed by atoms with van der Waals surface area (Å²) in [5.41, 5.74) is 1.00. The molecule has 0 aromatic heterocycles. The van der Waals surface area contributed by atoms with Crippen LogP contribution in [0.3, 0.4) is 0 Å². The Bertz CT molecular complexity index is 596. The Morgan fingerprint density at radius 3 is 2.64 bits per heavy atom. The van der Waals surface area contributed by atoms with Gasteiger partial charge in [-0.1, -0.05) is 19.4 Å². The first-order valence-electron chi connectivity index (χ1n) is 10.0. The number of hydrogen-bond donors (Lipinski definition) is 0. The average molecular weight is 394 g/mol. The Morgan fingerprint density at radius 1 is 1.32 bits per heavy atom. The van der Waals surface area contributed by atoms with Crippen LogP contribution in [-0.2, 0) is 23.9 Å². The monoisotopic (exact) mass is 393 g/mol. The summed E-state index contributed by atoms with van der Waals surface area (Å²) in [5.74, 6) is -0.523. The Morgan fingerprint density at radius 2 is 2.04 bits per heavy atom. The Hall–Kier alpha value is -1.95. The number of ether oxygens (including phenoxy) is 2. The maximum atomic E-state index is 12.4. The highest BCUT2D eigenvalue weighted by Gasteiger charge is 2.35. The lowest BCUT2D eigenvalue weighted by Gasteiger charge is -2.31. The van der Waals surface area contributed by atoms with Crippen molar-refractivity contribution in [3.05, 3.63) is 24.1 Å². The fraction of sp³-hybridized carbons (Fsp3) is 0.682. The molecule has 1 fully saturated rings. The number of Topliss-reactive ketones (excluding diaryl/α,β-unsaturated/α-hetero) is 3. The lowest BCUT2D eigenvalue weighted by atomic mass is 9.85. The summed E-state index contributed by atoms with van der Waals surface area (Å²) in [7, 11) is 3.06. The van der Waals surface area contributed by atoms with E-state index >= 15 is 0 Å². The van der Waals surface area contributed by atoms with Crippen LogP contribution in [0.5, 0.6) is 0 Å². The number of methoxy groups -OCH3 is 2. The largest absolute Gasteiger partial charge is 0.505 e. The van der Waals surface area contributed by atoms with Gasteiger partial charge in [0.05, 0.1) is 13.4 Å². The molecule has 6 nitrogen and oxygen atoms in total. The molecule has 0 aromatic carbocycles. The van der Waals surface area contributed by atoms with Crippen molar-refractivity contribution in [1.29, 1.82) is 0 Å². The van der Waals surface area contributed by atoms with Gasteiger partial charge in [0.2, 0.25) is 11.6 Å². The first-order chi connectivity index (χ1) is 13.3. The van der Waals surface area contributed by atoms with E-state index in [0.29, 0.717) is 25.8 Å². The number of nitrogens with zero attached hydrogens (tertiary/aromatic N) is 1. The summed E-state index contributed by atoms with van der Waals surface area (Å²) in [4.78, 5) is 38.3. The van der Waals surface area contributed by atoms with Gasteiger partial charge in [-0.15, -0.1) is 0 Å². The minimum atomic E-state index is -0.623. The van der Waals surface area contributed by atoms with Crippen molar-refractivity contribution in [1.82, 2.24) is 4.90 Å². The summed E-state index contributed by atoms with van der Waals surface area (Å²) in [6.45, 7) is 7.51. The van der Waals surface area contributed by atoms with Crippen molar-refractivity contribution in [3.63, 3.8) is 0 Å². The van der Waals surface area contributed by atoms with E-state index in [4.69, 9.17) is 9.47 Å². The van der Waals surface area contributed by atoms with E-state index in [1.165, 1.54) is 7.11 Å². The molecular weight excluding hydrogens is 358 g/mol. The molecule has 6 heteroatoms. The maximum Gasteiger partial charge on any atom is 0.226 e. The second kappa shape index (κ2) is 12.5. The van der Waals surface area contributed by atoms with Gasteiger partial charge >= 0.3 is 0 Å². The number of allylic oxidation sites excluding steroid dienone is 2. The number of rotatable bonds is 12. The van der Waals surface area contributed by atoms with Crippen molar-refractivity contribution < 1.29 is 23.9 Å². The summed E-state index contributed by atoms with van der Waals surface area (Å²) < 4.78 is 10.1. The van der Waals surface area contributed by atoms with E-state index in [9.17, 15) is 14.4 Å². The van der Waals surface area contributed by atoms with Crippen LogP contribution in [-0.4, -0.2) is 55.7 Å². The fourth-order valence-electron chi connectivity index (χ4n) is 3.50. The van der Waals surface area contributed by atoms with Crippen LogP contribution in [0.2, 0.25) is 0 Å². The van der Waals surface area contributed by atoms with Crippen LogP contribution in [0.1, 0.15) is 52.9 Å². The molecular formula is C22H35NO5. The lowest BCUT2D eigenvalue weighted by molar-refractivity contribution is -0.147. The molecule has 1 rings (SSSR count). The van der Waals surface area contributed by atoms with Crippen molar-refractivity contribution in [2.24, 2.45) is 11.8 Å². The number of ketones is 3. The second-order valence-corrected chi connectivity index (χ2v) is 7.68. The quantitative estimate of drug-likeness (QED) is 0.374. The zero-order valence-corrected chi connectivity index (χ0v) is 17.9. The molecule has 1 aliphatic carbocycles. The van der Waals surface area contributed by atoms with Crippen LogP contribution in [0.4, 0.5) is 0 Å². The minimum Gasteiger partial charge on any atom is -0.505 e. The predicted octanol–water partition coefficient (Wildman–Crippen LogP) is 3.31. The summed E-state index contributed by atoms with van der Waals surface area (Å²) in [6.07, 6.45) is 7.73. The molecule has 0 heterocycles. The van der Waals surface area contributed by atoms with Crippen LogP contribution >= 0.6 is 0 Å². The van der Waals surface area contributed by atoms with E-state index < -0.39 is 11.9 Å². The summed E-state index contributed by atoms with van der Waals surface area (Å²) >= 11 is 0. The SMILES string of the molecule is CCCN(/C=C(/C)CC(=O)C(C)CC=COC)CC1CC(=O)C(=O)C(OC)C1. The highest BCUT2D eigenvalue weighted by atomic mass is 16.5. The van der Waals surface area contributed by atoms with E-state index in [-0.39, 0.29) is 29.8 Å². The maximum absolute atomic E-state index is 12.4. The molecule has 158 valence electrons.